The Hall–Kier alpha value is -2.15. The van der Waals surface area contributed by atoms with Crippen LogP contribution in [0.25, 0.3) is 0 Å². The molecule has 110 valence electrons. The van der Waals surface area contributed by atoms with E-state index in [-0.39, 0.29) is 18.0 Å². The summed E-state index contributed by atoms with van der Waals surface area (Å²) >= 11 is 0. The Morgan fingerprint density at radius 1 is 1.35 bits per heavy atom. The largest absolute Gasteiger partial charge is 0.491 e. The van der Waals surface area contributed by atoms with Gasteiger partial charge in [0.1, 0.15) is 0 Å². The molecule has 0 aliphatic rings. The molecular formula is C13H17FN2O4. The monoisotopic (exact) mass is 284 g/mol. The van der Waals surface area contributed by atoms with E-state index >= 15 is 0 Å². The molecule has 0 saturated heterocycles. The van der Waals surface area contributed by atoms with Gasteiger partial charge < -0.3 is 20.5 Å². The number of carbonyl (C=O) groups is 2. The van der Waals surface area contributed by atoms with Crippen molar-refractivity contribution in [1.29, 1.82) is 0 Å². The second kappa shape index (κ2) is 7.44. The van der Waals surface area contributed by atoms with Gasteiger partial charge in [-0.25, -0.2) is 9.18 Å². The summed E-state index contributed by atoms with van der Waals surface area (Å²) in [5.74, 6) is -2.14. The quantitative estimate of drug-likeness (QED) is 0.602. The van der Waals surface area contributed by atoms with Crippen molar-refractivity contribution in [3.63, 3.8) is 0 Å². The number of halogens is 1. The molecule has 0 heterocycles. The van der Waals surface area contributed by atoms with Crippen LogP contribution in [0.5, 0.6) is 5.75 Å². The zero-order valence-electron chi connectivity index (χ0n) is 11.3. The summed E-state index contributed by atoms with van der Waals surface area (Å²) < 4.78 is 23.2. The fourth-order valence-electron chi connectivity index (χ4n) is 1.41. The van der Waals surface area contributed by atoms with Crippen LogP contribution < -0.4 is 15.8 Å². The summed E-state index contributed by atoms with van der Waals surface area (Å²) in [5.41, 5.74) is 5.58. The standard InChI is InChI=1S/C13H17FN2O4/c1-3-19-10-6-5-8(7-9(10)14)16-12(17)11(15)13(18)20-4-2/h5-7,11H,3-4,15H2,1-2H3,(H,16,17). The minimum Gasteiger partial charge on any atom is -0.491 e. The molecule has 6 nitrogen and oxygen atoms in total. The van der Waals surface area contributed by atoms with E-state index in [0.717, 1.165) is 6.07 Å². The number of ether oxygens (including phenoxy) is 2. The molecule has 0 radical (unpaired) electrons. The van der Waals surface area contributed by atoms with Crippen LogP contribution in [0.3, 0.4) is 0 Å². The molecule has 0 aliphatic heterocycles. The van der Waals surface area contributed by atoms with Gasteiger partial charge >= 0.3 is 5.97 Å². The number of hydrogen-bond donors (Lipinski definition) is 2. The lowest BCUT2D eigenvalue weighted by atomic mass is 10.2. The topological polar surface area (TPSA) is 90.7 Å². The van der Waals surface area contributed by atoms with Crippen LogP contribution in [0.1, 0.15) is 13.8 Å². The number of hydrogen-bond acceptors (Lipinski definition) is 5. The number of anilines is 1. The maximum absolute atomic E-state index is 13.6. The first-order chi connectivity index (χ1) is 9.49. The Bertz CT molecular complexity index is 493. The summed E-state index contributed by atoms with van der Waals surface area (Å²) in [6.45, 7) is 3.78. The van der Waals surface area contributed by atoms with Crippen LogP contribution >= 0.6 is 0 Å². The third-order valence-corrected chi connectivity index (χ3v) is 2.32. The van der Waals surface area contributed by atoms with E-state index in [2.05, 4.69) is 10.1 Å². The molecule has 0 saturated carbocycles. The molecule has 0 spiro atoms. The number of rotatable bonds is 6. The summed E-state index contributed by atoms with van der Waals surface area (Å²) in [5, 5.41) is 2.33. The molecule has 3 N–H and O–H groups in total. The predicted octanol–water partition coefficient (Wildman–Crippen LogP) is 1.05. The van der Waals surface area contributed by atoms with Crippen molar-refractivity contribution in [2.75, 3.05) is 18.5 Å². The van der Waals surface area contributed by atoms with Gasteiger partial charge in [0.25, 0.3) is 5.91 Å². The Morgan fingerprint density at radius 3 is 2.60 bits per heavy atom. The summed E-state index contributed by atoms with van der Waals surface area (Å²) in [4.78, 5) is 22.9. The number of carbonyl (C=O) groups excluding carboxylic acids is 2. The highest BCUT2D eigenvalue weighted by Crippen LogP contribution is 2.21. The van der Waals surface area contributed by atoms with Crippen LogP contribution in [0.4, 0.5) is 10.1 Å². The molecule has 20 heavy (non-hydrogen) atoms. The van der Waals surface area contributed by atoms with Crippen molar-refractivity contribution in [2.45, 2.75) is 19.9 Å². The van der Waals surface area contributed by atoms with Crippen LogP contribution in [-0.2, 0) is 14.3 Å². The summed E-state index contributed by atoms with van der Waals surface area (Å²) in [6, 6.07) is 2.46. The zero-order valence-corrected chi connectivity index (χ0v) is 11.3. The third-order valence-electron chi connectivity index (χ3n) is 2.32. The molecule has 7 heteroatoms. The first-order valence-electron chi connectivity index (χ1n) is 6.15. The number of amides is 1. The first kappa shape index (κ1) is 15.9. The van der Waals surface area contributed by atoms with E-state index in [0.29, 0.717) is 6.61 Å². The van der Waals surface area contributed by atoms with Crippen molar-refractivity contribution in [3.8, 4) is 5.75 Å². The zero-order chi connectivity index (χ0) is 15.1. The number of nitrogens with one attached hydrogen (secondary N) is 1. The molecule has 0 bridgehead atoms. The van der Waals surface area contributed by atoms with Gasteiger partial charge in [-0.05, 0) is 26.0 Å². The minimum atomic E-state index is -1.45. The Balaban J connectivity index is 2.71. The highest BCUT2D eigenvalue weighted by Gasteiger charge is 2.23. The Labute approximate surface area is 116 Å². The average molecular weight is 284 g/mol. The summed E-state index contributed by atoms with van der Waals surface area (Å²) in [6.07, 6.45) is 0. The van der Waals surface area contributed by atoms with Gasteiger partial charge in [0.05, 0.1) is 13.2 Å². The van der Waals surface area contributed by atoms with Gasteiger partial charge in [-0.1, -0.05) is 0 Å². The molecule has 1 aromatic rings. The second-order valence-electron chi connectivity index (χ2n) is 3.80. The number of esters is 1. The van der Waals surface area contributed by atoms with E-state index in [1.165, 1.54) is 12.1 Å². The van der Waals surface area contributed by atoms with E-state index in [1.807, 2.05) is 0 Å². The van der Waals surface area contributed by atoms with Crippen LogP contribution in [0.15, 0.2) is 18.2 Å². The maximum atomic E-state index is 13.6. The molecule has 1 rings (SSSR count). The van der Waals surface area contributed by atoms with Crippen LogP contribution in [0.2, 0.25) is 0 Å². The van der Waals surface area contributed by atoms with Gasteiger partial charge in [0, 0.05) is 11.8 Å². The van der Waals surface area contributed by atoms with E-state index in [9.17, 15) is 14.0 Å². The number of nitrogens with two attached hydrogens (primary N) is 1. The lowest BCUT2D eigenvalue weighted by Gasteiger charge is -2.12. The van der Waals surface area contributed by atoms with Crippen molar-refractivity contribution >= 4 is 17.6 Å². The first-order valence-corrected chi connectivity index (χ1v) is 6.15. The lowest BCUT2D eigenvalue weighted by molar-refractivity contribution is -0.146. The van der Waals surface area contributed by atoms with E-state index in [4.69, 9.17) is 10.5 Å². The second-order valence-corrected chi connectivity index (χ2v) is 3.80. The molecule has 0 fully saturated rings. The lowest BCUT2D eigenvalue weighted by Crippen LogP contribution is -2.43. The minimum absolute atomic E-state index is 0.0835. The number of benzene rings is 1. The van der Waals surface area contributed by atoms with Crippen LogP contribution in [0, 0.1) is 5.82 Å². The van der Waals surface area contributed by atoms with Gasteiger partial charge in [-0.3, -0.25) is 4.79 Å². The summed E-state index contributed by atoms with van der Waals surface area (Å²) in [7, 11) is 0. The van der Waals surface area contributed by atoms with Gasteiger partial charge in [0.15, 0.2) is 17.6 Å². The fraction of sp³-hybridized carbons (Fsp3) is 0.385. The van der Waals surface area contributed by atoms with E-state index < -0.39 is 23.7 Å². The van der Waals surface area contributed by atoms with Gasteiger partial charge in [0.2, 0.25) is 0 Å². The normalized spacial score (nSPS) is 11.6. The molecule has 0 aromatic heterocycles. The molecule has 1 amide bonds. The highest BCUT2D eigenvalue weighted by molar-refractivity contribution is 6.08. The predicted molar refractivity (Wildman–Crippen MR) is 70.8 cm³/mol. The molecular weight excluding hydrogens is 267 g/mol. The third kappa shape index (κ3) is 4.20. The van der Waals surface area contributed by atoms with Crippen molar-refractivity contribution < 1.29 is 23.5 Å². The van der Waals surface area contributed by atoms with Gasteiger partial charge in [-0.15, -0.1) is 0 Å². The smallest absolute Gasteiger partial charge is 0.332 e. The molecule has 1 atom stereocenters. The maximum Gasteiger partial charge on any atom is 0.332 e. The molecule has 0 aliphatic carbocycles. The van der Waals surface area contributed by atoms with Crippen molar-refractivity contribution in [1.82, 2.24) is 0 Å². The van der Waals surface area contributed by atoms with Gasteiger partial charge in [-0.2, -0.15) is 0 Å². The molecule has 1 aromatic carbocycles. The SMILES string of the molecule is CCOC(=O)C(N)C(=O)Nc1ccc(OCC)c(F)c1. The molecule has 1 unspecified atom stereocenters. The highest BCUT2D eigenvalue weighted by atomic mass is 19.1. The fourth-order valence-corrected chi connectivity index (χ4v) is 1.41. The Morgan fingerprint density at radius 2 is 2.05 bits per heavy atom. The Kier molecular flexibility index (Phi) is 5.92. The van der Waals surface area contributed by atoms with Crippen molar-refractivity contribution in [3.05, 3.63) is 24.0 Å². The van der Waals surface area contributed by atoms with E-state index in [1.54, 1.807) is 13.8 Å². The average Bonchev–Trinajstić information content (AvgIpc) is 2.41. The van der Waals surface area contributed by atoms with Crippen LogP contribution in [-0.4, -0.2) is 31.1 Å². The van der Waals surface area contributed by atoms with Crippen molar-refractivity contribution in [2.24, 2.45) is 5.73 Å².